The van der Waals surface area contributed by atoms with Crippen molar-refractivity contribution in [3.8, 4) is 0 Å². The molecule has 1 aromatic heterocycles. The number of halogens is 1. The number of hydrogen-bond donors (Lipinski definition) is 3. The average molecular weight is 471 g/mol. The number of nitrogens with zero attached hydrogens (tertiary/aromatic N) is 3. The molecule has 0 atom stereocenters. The first-order chi connectivity index (χ1) is 12.2. The van der Waals surface area contributed by atoms with E-state index in [0.717, 1.165) is 61.6 Å². The number of nitrogens with one attached hydrogen (secondary N) is 2. The lowest BCUT2D eigenvalue weighted by Crippen LogP contribution is -2.45. The van der Waals surface area contributed by atoms with Gasteiger partial charge >= 0.3 is 0 Å². The van der Waals surface area contributed by atoms with E-state index in [4.69, 9.17) is 4.99 Å². The number of guanidine groups is 1. The van der Waals surface area contributed by atoms with E-state index in [-0.39, 0.29) is 30.1 Å². The Morgan fingerprint density at radius 2 is 2.00 bits per heavy atom. The van der Waals surface area contributed by atoms with Crippen LogP contribution in [0.2, 0.25) is 0 Å². The first-order valence-corrected chi connectivity index (χ1v) is 9.32. The summed E-state index contributed by atoms with van der Waals surface area (Å²) in [6.45, 7) is 6.47. The lowest BCUT2D eigenvalue weighted by molar-refractivity contribution is 0.120. The molecule has 1 aromatic carbocycles. The highest BCUT2D eigenvalue weighted by molar-refractivity contribution is 14.0. The highest BCUT2D eigenvalue weighted by Crippen LogP contribution is 2.18. The highest BCUT2D eigenvalue weighted by Gasteiger charge is 2.19. The van der Waals surface area contributed by atoms with Crippen LogP contribution < -0.4 is 10.6 Å². The molecule has 2 aromatic rings. The van der Waals surface area contributed by atoms with Crippen molar-refractivity contribution in [1.29, 1.82) is 0 Å². The largest absolute Gasteiger partial charge is 0.393 e. The molecule has 1 aliphatic carbocycles. The summed E-state index contributed by atoms with van der Waals surface area (Å²) in [5.41, 5.74) is 2.20. The van der Waals surface area contributed by atoms with Gasteiger partial charge in [-0.1, -0.05) is 12.1 Å². The van der Waals surface area contributed by atoms with Crippen LogP contribution >= 0.6 is 24.0 Å². The number of aromatic nitrogens is 2. The number of rotatable bonds is 5. The number of aliphatic hydroxyl groups excluding tert-OH is 1. The number of aliphatic imine (C=N–C) groups is 1. The van der Waals surface area contributed by atoms with Crippen LogP contribution in [0.3, 0.4) is 0 Å². The lowest BCUT2D eigenvalue weighted by Gasteiger charge is -2.27. The van der Waals surface area contributed by atoms with E-state index >= 15 is 0 Å². The summed E-state index contributed by atoms with van der Waals surface area (Å²) in [7, 11) is 0. The Bertz CT molecular complexity index is 722. The molecule has 0 amide bonds. The van der Waals surface area contributed by atoms with Crippen LogP contribution in [0, 0.1) is 6.92 Å². The SMILES string of the molecule is CCNC(=NCCn1c(C)nc2ccccc21)NC1CCC(O)CC1.I. The molecule has 0 bridgehead atoms. The summed E-state index contributed by atoms with van der Waals surface area (Å²) in [6.07, 6.45) is 3.61. The highest BCUT2D eigenvalue weighted by atomic mass is 127. The van der Waals surface area contributed by atoms with Gasteiger partial charge in [-0.15, -0.1) is 24.0 Å². The minimum absolute atomic E-state index is 0. The molecular weight excluding hydrogens is 441 g/mol. The van der Waals surface area contributed by atoms with Crippen molar-refractivity contribution in [2.24, 2.45) is 4.99 Å². The second kappa shape index (κ2) is 10.1. The number of imidazole rings is 1. The first kappa shape index (κ1) is 21.0. The van der Waals surface area contributed by atoms with Crippen molar-refractivity contribution >= 4 is 41.0 Å². The minimum atomic E-state index is -0.130. The van der Waals surface area contributed by atoms with Crippen LogP contribution in [-0.4, -0.2) is 45.9 Å². The van der Waals surface area contributed by atoms with Crippen LogP contribution in [-0.2, 0) is 6.54 Å². The quantitative estimate of drug-likeness (QED) is 0.356. The molecule has 6 nitrogen and oxygen atoms in total. The predicted molar refractivity (Wildman–Crippen MR) is 117 cm³/mol. The Kier molecular flexibility index (Phi) is 8.15. The number of hydrogen-bond acceptors (Lipinski definition) is 3. The topological polar surface area (TPSA) is 74.5 Å². The van der Waals surface area contributed by atoms with E-state index in [0.29, 0.717) is 12.6 Å². The summed E-state index contributed by atoms with van der Waals surface area (Å²) in [5, 5.41) is 16.5. The van der Waals surface area contributed by atoms with Gasteiger partial charge in [0, 0.05) is 19.1 Å². The zero-order valence-electron chi connectivity index (χ0n) is 15.6. The first-order valence-electron chi connectivity index (χ1n) is 9.32. The normalized spacial score (nSPS) is 20.7. The summed E-state index contributed by atoms with van der Waals surface area (Å²) in [4.78, 5) is 9.34. The van der Waals surface area contributed by atoms with Crippen molar-refractivity contribution in [2.45, 2.75) is 58.2 Å². The summed E-state index contributed by atoms with van der Waals surface area (Å²) >= 11 is 0. The molecule has 0 aliphatic heterocycles. The van der Waals surface area contributed by atoms with Crippen LogP contribution in [0.25, 0.3) is 11.0 Å². The number of fused-ring (bicyclic) bond motifs is 1. The maximum Gasteiger partial charge on any atom is 0.191 e. The molecule has 7 heteroatoms. The molecule has 26 heavy (non-hydrogen) atoms. The lowest BCUT2D eigenvalue weighted by atomic mass is 9.93. The van der Waals surface area contributed by atoms with E-state index < -0.39 is 0 Å². The van der Waals surface area contributed by atoms with Crippen LogP contribution in [0.15, 0.2) is 29.3 Å². The van der Waals surface area contributed by atoms with Gasteiger partial charge in [0.05, 0.1) is 23.7 Å². The predicted octanol–water partition coefficient (Wildman–Crippen LogP) is 2.82. The maximum absolute atomic E-state index is 9.64. The van der Waals surface area contributed by atoms with Crippen molar-refractivity contribution < 1.29 is 5.11 Å². The van der Waals surface area contributed by atoms with E-state index in [1.165, 1.54) is 0 Å². The third-order valence-corrected chi connectivity index (χ3v) is 4.82. The summed E-state index contributed by atoms with van der Waals surface area (Å²) in [5.74, 6) is 1.89. The fraction of sp³-hybridized carbons (Fsp3) is 0.579. The van der Waals surface area contributed by atoms with E-state index in [2.05, 4.69) is 33.2 Å². The standard InChI is InChI=1S/C19H29N5O.HI/c1-3-20-19(23-15-8-10-16(25)11-9-15)21-12-13-24-14(2)22-17-6-4-5-7-18(17)24;/h4-7,15-16,25H,3,8-13H2,1-2H3,(H2,20,21,23);1H. The zero-order valence-corrected chi connectivity index (χ0v) is 17.9. The van der Waals surface area contributed by atoms with Crippen molar-refractivity contribution in [1.82, 2.24) is 20.2 Å². The average Bonchev–Trinajstić information content (AvgIpc) is 2.93. The van der Waals surface area contributed by atoms with Gasteiger partial charge in [-0.2, -0.15) is 0 Å². The fourth-order valence-corrected chi connectivity index (χ4v) is 3.47. The summed E-state index contributed by atoms with van der Waals surface area (Å²) < 4.78 is 2.22. The van der Waals surface area contributed by atoms with Gasteiger partial charge in [0.15, 0.2) is 5.96 Å². The smallest absolute Gasteiger partial charge is 0.191 e. The Morgan fingerprint density at radius 3 is 2.73 bits per heavy atom. The van der Waals surface area contributed by atoms with Gasteiger partial charge in [0.1, 0.15) is 5.82 Å². The van der Waals surface area contributed by atoms with Crippen molar-refractivity contribution in [3.63, 3.8) is 0 Å². The molecule has 144 valence electrons. The number of aryl methyl sites for hydroxylation is 1. The number of benzene rings is 1. The van der Waals surface area contributed by atoms with Gasteiger partial charge < -0.3 is 20.3 Å². The number of para-hydroxylation sites is 2. The van der Waals surface area contributed by atoms with Gasteiger partial charge in [-0.3, -0.25) is 4.99 Å². The molecule has 3 N–H and O–H groups in total. The second-order valence-electron chi connectivity index (χ2n) is 6.71. The van der Waals surface area contributed by atoms with Gasteiger partial charge in [-0.05, 0) is 51.7 Å². The Morgan fingerprint density at radius 1 is 1.27 bits per heavy atom. The molecule has 1 heterocycles. The molecular formula is C19H30IN5O. The molecule has 1 fully saturated rings. The van der Waals surface area contributed by atoms with Crippen LogP contribution in [0.1, 0.15) is 38.4 Å². The molecule has 0 spiro atoms. The molecule has 0 unspecified atom stereocenters. The van der Waals surface area contributed by atoms with Gasteiger partial charge in [-0.25, -0.2) is 4.98 Å². The van der Waals surface area contributed by atoms with Crippen LogP contribution in [0.4, 0.5) is 0 Å². The van der Waals surface area contributed by atoms with Gasteiger partial charge in [0.25, 0.3) is 0 Å². The maximum atomic E-state index is 9.64. The second-order valence-corrected chi connectivity index (χ2v) is 6.71. The minimum Gasteiger partial charge on any atom is -0.393 e. The third kappa shape index (κ3) is 5.33. The zero-order chi connectivity index (χ0) is 17.6. The Hall–Kier alpha value is -1.35. The van der Waals surface area contributed by atoms with Gasteiger partial charge in [0.2, 0.25) is 0 Å². The molecule has 3 rings (SSSR count). The molecule has 1 saturated carbocycles. The van der Waals surface area contributed by atoms with E-state index in [9.17, 15) is 5.11 Å². The fourth-order valence-electron chi connectivity index (χ4n) is 3.47. The molecule has 1 aliphatic rings. The van der Waals surface area contributed by atoms with Crippen molar-refractivity contribution in [2.75, 3.05) is 13.1 Å². The summed E-state index contributed by atoms with van der Waals surface area (Å²) in [6, 6.07) is 8.62. The van der Waals surface area contributed by atoms with Crippen LogP contribution in [0.5, 0.6) is 0 Å². The molecule has 0 radical (unpaired) electrons. The van der Waals surface area contributed by atoms with E-state index in [1.54, 1.807) is 0 Å². The van der Waals surface area contributed by atoms with E-state index in [1.807, 2.05) is 25.1 Å². The Labute approximate surface area is 172 Å². The number of aliphatic hydroxyl groups is 1. The monoisotopic (exact) mass is 471 g/mol. The molecule has 0 saturated heterocycles. The third-order valence-electron chi connectivity index (χ3n) is 4.82. The Balaban J connectivity index is 0.00000243. The van der Waals surface area contributed by atoms with Crippen molar-refractivity contribution in [3.05, 3.63) is 30.1 Å².